The first kappa shape index (κ1) is 11.9. The van der Waals surface area contributed by atoms with Crippen LogP contribution in [-0.4, -0.2) is 3.79 Å². The van der Waals surface area contributed by atoms with E-state index < -0.39 is 3.79 Å². The summed E-state index contributed by atoms with van der Waals surface area (Å²) >= 11 is 17.0. The highest BCUT2D eigenvalue weighted by Gasteiger charge is 2.21. The highest BCUT2D eigenvalue weighted by Crippen LogP contribution is 2.35. The van der Waals surface area contributed by atoms with E-state index in [0.29, 0.717) is 6.42 Å². The van der Waals surface area contributed by atoms with Crippen LogP contribution in [0.3, 0.4) is 0 Å². The highest BCUT2D eigenvalue weighted by atomic mass is 35.6. The zero-order valence-electron chi connectivity index (χ0n) is 7.86. The van der Waals surface area contributed by atoms with Crippen molar-refractivity contribution in [1.29, 1.82) is 0 Å². The molecule has 0 aromatic heterocycles. The SMILES string of the molecule is C=C(CC(Cl)(Cl)Cl)c1ccc(C)cc1. The summed E-state index contributed by atoms with van der Waals surface area (Å²) < 4.78 is -1.26. The molecular formula is C11H11Cl3. The van der Waals surface area contributed by atoms with Crippen molar-refractivity contribution in [2.24, 2.45) is 0 Å². The van der Waals surface area contributed by atoms with Crippen LogP contribution in [0.2, 0.25) is 0 Å². The van der Waals surface area contributed by atoms with Crippen LogP contribution < -0.4 is 0 Å². The molecule has 14 heavy (non-hydrogen) atoms. The highest BCUT2D eigenvalue weighted by molar-refractivity contribution is 6.67. The molecule has 0 amide bonds. The fourth-order valence-corrected chi connectivity index (χ4v) is 1.62. The second-order valence-electron chi connectivity index (χ2n) is 3.26. The fourth-order valence-electron chi connectivity index (χ4n) is 1.13. The Morgan fingerprint density at radius 3 is 2.14 bits per heavy atom. The van der Waals surface area contributed by atoms with E-state index >= 15 is 0 Å². The third-order valence-electron chi connectivity index (χ3n) is 1.87. The number of hydrogen-bond acceptors (Lipinski definition) is 0. The molecule has 0 spiro atoms. The Kier molecular flexibility index (Phi) is 3.88. The fraction of sp³-hybridized carbons (Fsp3) is 0.273. The van der Waals surface area contributed by atoms with Crippen molar-refractivity contribution in [3.63, 3.8) is 0 Å². The first-order valence-electron chi connectivity index (χ1n) is 4.20. The second-order valence-corrected chi connectivity index (χ2v) is 5.78. The molecule has 3 heteroatoms. The summed E-state index contributed by atoms with van der Waals surface area (Å²) in [7, 11) is 0. The van der Waals surface area contributed by atoms with Gasteiger partial charge in [-0.2, -0.15) is 0 Å². The van der Waals surface area contributed by atoms with Crippen LogP contribution in [0.4, 0.5) is 0 Å². The Balaban J connectivity index is 2.76. The van der Waals surface area contributed by atoms with E-state index in [-0.39, 0.29) is 0 Å². The Bertz CT molecular complexity index is 319. The number of aryl methyl sites for hydroxylation is 1. The summed E-state index contributed by atoms with van der Waals surface area (Å²) in [5.74, 6) is 0. The van der Waals surface area contributed by atoms with Gasteiger partial charge in [-0.05, 0) is 18.1 Å². The topological polar surface area (TPSA) is 0 Å². The molecule has 0 N–H and O–H groups in total. The first-order valence-corrected chi connectivity index (χ1v) is 5.33. The summed E-state index contributed by atoms with van der Waals surface area (Å²) in [6.45, 7) is 5.92. The average Bonchev–Trinajstić information content (AvgIpc) is 2.02. The monoisotopic (exact) mass is 248 g/mol. The summed E-state index contributed by atoms with van der Waals surface area (Å²) in [5, 5.41) is 0. The predicted octanol–water partition coefficient (Wildman–Crippen LogP) is 4.77. The molecule has 1 rings (SSSR count). The summed E-state index contributed by atoms with van der Waals surface area (Å²) in [6, 6.07) is 7.99. The molecule has 0 nitrogen and oxygen atoms in total. The van der Waals surface area contributed by atoms with Crippen LogP contribution in [0, 0.1) is 6.92 Å². The summed E-state index contributed by atoms with van der Waals surface area (Å²) in [6.07, 6.45) is 0.348. The molecule has 0 aliphatic carbocycles. The quantitative estimate of drug-likeness (QED) is 0.663. The number of alkyl halides is 3. The molecule has 0 aliphatic heterocycles. The second kappa shape index (κ2) is 4.57. The first-order chi connectivity index (χ1) is 6.38. The minimum absolute atomic E-state index is 0.348. The van der Waals surface area contributed by atoms with Gasteiger partial charge < -0.3 is 0 Å². The van der Waals surface area contributed by atoms with Crippen LogP contribution >= 0.6 is 34.8 Å². The number of halogens is 3. The maximum Gasteiger partial charge on any atom is 0.194 e. The van der Waals surface area contributed by atoms with Crippen LogP contribution in [0.1, 0.15) is 17.5 Å². The van der Waals surface area contributed by atoms with Crippen LogP contribution in [-0.2, 0) is 0 Å². The Hall–Kier alpha value is -0.170. The van der Waals surface area contributed by atoms with Gasteiger partial charge in [0.2, 0.25) is 0 Å². The Morgan fingerprint density at radius 1 is 1.21 bits per heavy atom. The summed E-state index contributed by atoms with van der Waals surface area (Å²) in [5.41, 5.74) is 3.06. The summed E-state index contributed by atoms with van der Waals surface area (Å²) in [4.78, 5) is 0. The molecule has 1 aromatic carbocycles. The third kappa shape index (κ3) is 3.91. The molecule has 0 unspecified atom stereocenters. The van der Waals surface area contributed by atoms with Gasteiger partial charge in [-0.15, -0.1) is 0 Å². The zero-order valence-corrected chi connectivity index (χ0v) is 10.1. The lowest BCUT2D eigenvalue weighted by atomic mass is 10.0. The van der Waals surface area contributed by atoms with E-state index in [1.165, 1.54) is 5.56 Å². The lowest BCUT2D eigenvalue weighted by molar-refractivity contribution is 1.10. The van der Waals surface area contributed by atoms with Crippen LogP contribution in [0.5, 0.6) is 0 Å². The van der Waals surface area contributed by atoms with E-state index in [1.54, 1.807) is 0 Å². The Morgan fingerprint density at radius 2 is 1.71 bits per heavy atom. The lowest BCUT2D eigenvalue weighted by Gasteiger charge is -2.13. The van der Waals surface area contributed by atoms with Gasteiger partial charge in [-0.3, -0.25) is 0 Å². The zero-order chi connectivity index (χ0) is 10.8. The number of rotatable bonds is 2. The molecule has 1 aromatic rings. The van der Waals surface area contributed by atoms with Crippen molar-refractivity contribution >= 4 is 40.4 Å². The molecule has 0 atom stereocenters. The van der Waals surface area contributed by atoms with E-state index in [9.17, 15) is 0 Å². The van der Waals surface area contributed by atoms with Crippen molar-refractivity contribution in [2.45, 2.75) is 17.1 Å². The normalized spacial score (nSPS) is 11.4. The van der Waals surface area contributed by atoms with Gasteiger partial charge in [0, 0.05) is 6.42 Å². The van der Waals surface area contributed by atoms with Crippen molar-refractivity contribution in [2.75, 3.05) is 0 Å². The molecule has 0 saturated heterocycles. The molecule has 76 valence electrons. The van der Waals surface area contributed by atoms with Crippen molar-refractivity contribution in [3.8, 4) is 0 Å². The molecule has 0 aliphatic rings. The van der Waals surface area contributed by atoms with E-state index in [0.717, 1.165) is 11.1 Å². The lowest BCUT2D eigenvalue weighted by Crippen LogP contribution is -2.02. The maximum atomic E-state index is 5.68. The van der Waals surface area contributed by atoms with Crippen molar-refractivity contribution in [3.05, 3.63) is 42.0 Å². The largest absolute Gasteiger partial charge is 0.194 e. The molecule has 0 radical (unpaired) electrons. The van der Waals surface area contributed by atoms with E-state index in [1.807, 2.05) is 31.2 Å². The minimum atomic E-state index is -1.26. The average molecular weight is 250 g/mol. The standard InChI is InChI=1S/C11H11Cl3/c1-8-3-5-10(6-4-8)9(2)7-11(12,13)14/h3-6H,2,7H2,1H3. The smallest absolute Gasteiger partial charge is 0.0951 e. The molecule has 0 bridgehead atoms. The van der Waals surface area contributed by atoms with Gasteiger partial charge in [-0.25, -0.2) is 0 Å². The molecule has 0 saturated carbocycles. The third-order valence-corrected chi connectivity index (χ3v) is 2.27. The van der Waals surface area contributed by atoms with Gasteiger partial charge in [0.05, 0.1) is 0 Å². The van der Waals surface area contributed by atoms with Gasteiger partial charge in [0.1, 0.15) is 0 Å². The molecule has 0 fully saturated rings. The van der Waals surface area contributed by atoms with Gasteiger partial charge in [-0.1, -0.05) is 71.2 Å². The Labute approximate surface area is 99.5 Å². The number of benzene rings is 1. The number of hydrogen-bond donors (Lipinski definition) is 0. The van der Waals surface area contributed by atoms with Gasteiger partial charge >= 0.3 is 0 Å². The number of allylic oxidation sites excluding steroid dienone is 1. The minimum Gasteiger partial charge on any atom is -0.0951 e. The van der Waals surface area contributed by atoms with E-state index in [4.69, 9.17) is 34.8 Å². The van der Waals surface area contributed by atoms with Crippen LogP contribution in [0.25, 0.3) is 5.57 Å². The van der Waals surface area contributed by atoms with E-state index in [2.05, 4.69) is 6.58 Å². The van der Waals surface area contributed by atoms with Crippen LogP contribution in [0.15, 0.2) is 30.8 Å². The molecule has 0 heterocycles. The van der Waals surface area contributed by atoms with Crippen molar-refractivity contribution < 1.29 is 0 Å². The van der Waals surface area contributed by atoms with Crippen molar-refractivity contribution in [1.82, 2.24) is 0 Å². The van der Waals surface area contributed by atoms with Gasteiger partial charge in [0.25, 0.3) is 0 Å². The molecular weight excluding hydrogens is 238 g/mol. The maximum absolute atomic E-state index is 5.68. The van der Waals surface area contributed by atoms with Gasteiger partial charge in [0.15, 0.2) is 3.79 Å². The predicted molar refractivity (Wildman–Crippen MR) is 65.1 cm³/mol.